The van der Waals surface area contributed by atoms with Crippen molar-refractivity contribution in [3.05, 3.63) is 59.7 Å². The molecule has 8 rings (SSSR count). The van der Waals surface area contributed by atoms with E-state index >= 15 is 0 Å². The molecule has 2 aliphatic carbocycles. The third kappa shape index (κ3) is 4.87. The Hall–Kier alpha value is -4.10. The van der Waals surface area contributed by atoms with Gasteiger partial charge in [0.25, 0.3) is 5.88 Å². The smallest absolute Gasteiger partial charge is 0.282 e. The molecule has 2 aromatic carbocycles. The number of benzene rings is 2. The fourth-order valence-electron chi connectivity index (χ4n) is 8.14. The highest BCUT2D eigenvalue weighted by molar-refractivity contribution is 5.83. The van der Waals surface area contributed by atoms with Crippen molar-refractivity contribution in [2.75, 3.05) is 37.6 Å². The minimum Gasteiger partial charge on any atom is -0.434 e. The molecule has 3 saturated heterocycles. The molecule has 0 bridgehead atoms. The van der Waals surface area contributed by atoms with E-state index in [0.717, 1.165) is 69.5 Å². The first-order valence-electron chi connectivity index (χ1n) is 16.0. The molecule has 44 heavy (non-hydrogen) atoms. The molecule has 5 fully saturated rings. The van der Waals surface area contributed by atoms with Crippen LogP contribution in [0.2, 0.25) is 0 Å². The van der Waals surface area contributed by atoms with Gasteiger partial charge in [-0.05, 0) is 104 Å². The maximum atomic E-state index is 14.6. The maximum absolute atomic E-state index is 14.6. The number of hydrogen-bond donors (Lipinski definition) is 1. The molecule has 1 aromatic heterocycles. The number of anilines is 1. The predicted octanol–water partition coefficient (Wildman–Crippen LogP) is 5.04. The van der Waals surface area contributed by atoms with Crippen LogP contribution in [0, 0.1) is 34.4 Å². The number of fused-ring (bicyclic) bond motifs is 1. The Balaban J connectivity index is 0.972. The Morgan fingerprint density at radius 3 is 2.70 bits per heavy atom. The zero-order valence-corrected chi connectivity index (χ0v) is 24.7. The van der Waals surface area contributed by atoms with E-state index in [2.05, 4.69) is 36.4 Å². The van der Waals surface area contributed by atoms with Gasteiger partial charge in [0, 0.05) is 37.2 Å². The average Bonchev–Trinajstić information content (AvgIpc) is 3.65. The standard InChI is InChI=1S/C34H36FN7O2/c35-24-7-9-29(28(15-24)26-8-4-21(16-36)14-27(26)22-5-6-22)44-32-31(38-20-39-40-32)42-18-34(19-42)10-12-41(13-11-34)33(43)30-25-3-1-2-23(25)17-37-30/h4,7-9,14-15,20,22-23,25,30,37H,1-3,5-6,10-13,17-19H2/t23-,25-,30-/m0/s1. The first-order chi connectivity index (χ1) is 21.5. The monoisotopic (exact) mass is 593 g/mol. The van der Waals surface area contributed by atoms with Crippen molar-refractivity contribution in [1.29, 1.82) is 5.26 Å². The number of nitriles is 1. The molecule has 1 N–H and O–H groups in total. The molecule has 0 radical (unpaired) electrons. The predicted molar refractivity (Wildman–Crippen MR) is 162 cm³/mol. The van der Waals surface area contributed by atoms with Crippen molar-refractivity contribution in [2.45, 2.75) is 56.9 Å². The number of carbonyl (C=O) groups excluding carboxylic acids is 1. The first kappa shape index (κ1) is 27.4. The van der Waals surface area contributed by atoms with Crippen molar-refractivity contribution < 1.29 is 13.9 Å². The lowest BCUT2D eigenvalue weighted by Gasteiger charge is -2.54. The van der Waals surface area contributed by atoms with Crippen molar-refractivity contribution in [3.63, 3.8) is 0 Å². The Bertz CT molecular complexity index is 1640. The van der Waals surface area contributed by atoms with Crippen molar-refractivity contribution >= 4 is 11.7 Å². The number of nitrogens with zero attached hydrogens (tertiary/aromatic N) is 6. The summed E-state index contributed by atoms with van der Waals surface area (Å²) >= 11 is 0. The number of likely N-dealkylation sites (tertiary alicyclic amines) is 1. The van der Waals surface area contributed by atoms with Crippen LogP contribution in [0.25, 0.3) is 11.1 Å². The lowest BCUT2D eigenvalue weighted by atomic mass is 9.72. The van der Waals surface area contributed by atoms with Gasteiger partial charge in [-0.1, -0.05) is 12.5 Å². The molecule has 5 aliphatic rings. The molecular formula is C34H36FN7O2. The van der Waals surface area contributed by atoms with E-state index in [1.165, 1.54) is 37.7 Å². The molecule has 2 saturated carbocycles. The minimum absolute atomic E-state index is 0.00206. The molecule has 0 unspecified atom stereocenters. The fourth-order valence-corrected chi connectivity index (χ4v) is 8.14. The van der Waals surface area contributed by atoms with Gasteiger partial charge in [0.1, 0.15) is 17.9 Å². The molecular weight excluding hydrogens is 557 g/mol. The van der Waals surface area contributed by atoms with Crippen LogP contribution >= 0.6 is 0 Å². The third-order valence-electron chi connectivity index (χ3n) is 10.7. The van der Waals surface area contributed by atoms with Crippen LogP contribution in [0.5, 0.6) is 11.6 Å². The number of amides is 1. The zero-order valence-electron chi connectivity index (χ0n) is 24.7. The Kier molecular flexibility index (Phi) is 6.74. The van der Waals surface area contributed by atoms with Gasteiger partial charge in [-0.3, -0.25) is 4.79 Å². The Morgan fingerprint density at radius 1 is 1.07 bits per heavy atom. The summed E-state index contributed by atoms with van der Waals surface area (Å²) in [7, 11) is 0. The van der Waals surface area contributed by atoms with Crippen LogP contribution in [0.3, 0.4) is 0 Å². The van der Waals surface area contributed by atoms with Gasteiger partial charge in [0.2, 0.25) is 5.91 Å². The van der Waals surface area contributed by atoms with Gasteiger partial charge in [-0.2, -0.15) is 5.26 Å². The topological polar surface area (TPSA) is 107 Å². The van der Waals surface area contributed by atoms with E-state index in [4.69, 9.17) is 4.74 Å². The average molecular weight is 594 g/mol. The molecule has 226 valence electrons. The molecule has 9 nitrogen and oxygen atoms in total. The number of piperidine rings is 1. The number of rotatable bonds is 6. The number of aromatic nitrogens is 3. The number of hydrogen-bond acceptors (Lipinski definition) is 8. The summed E-state index contributed by atoms with van der Waals surface area (Å²) in [5.74, 6) is 2.84. The molecule has 3 aromatic rings. The van der Waals surface area contributed by atoms with Crippen molar-refractivity contribution in [1.82, 2.24) is 25.4 Å². The van der Waals surface area contributed by atoms with E-state index in [1.54, 1.807) is 12.1 Å². The number of ether oxygens (including phenoxy) is 1. The zero-order chi connectivity index (χ0) is 29.8. The molecule has 1 spiro atoms. The Labute approximate surface area is 256 Å². The summed E-state index contributed by atoms with van der Waals surface area (Å²) in [6, 6.07) is 12.3. The summed E-state index contributed by atoms with van der Waals surface area (Å²) in [5, 5.41) is 21.3. The van der Waals surface area contributed by atoms with Gasteiger partial charge < -0.3 is 19.9 Å². The second kappa shape index (κ2) is 10.8. The van der Waals surface area contributed by atoms with E-state index in [1.807, 2.05) is 12.1 Å². The van der Waals surface area contributed by atoms with Gasteiger partial charge in [-0.25, -0.2) is 9.37 Å². The normalized spacial score (nSPS) is 25.4. The highest BCUT2D eigenvalue weighted by Gasteiger charge is 2.49. The largest absolute Gasteiger partial charge is 0.434 e. The quantitative estimate of drug-likeness (QED) is 0.424. The van der Waals surface area contributed by atoms with E-state index in [0.29, 0.717) is 46.4 Å². The lowest BCUT2D eigenvalue weighted by Crippen LogP contribution is -2.62. The van der Waals surface area contributed by atoms with Crippen LogP contribution < -0.4 is 15.0 Å². The van der Waals surface area contributed by atoms with Crippen LogP contribution in [0.4, 0.5) is 10.2 Å². The second-order valence-corrected chi connectivity index (χ2v) is 13.4. The van der Waals surface area contributed by atoms with E-state index < -0.39 is 0 Å². The number of carbonyl (C=O) groups is 1. The first-order valence-corrected chi connectivity index (χ1v) is 16.0. The molecule has 10 heteroatoms. The van der Waals surface area contributed by atoms with Crippen LogP contribution in [0.15, 0.2) is 42.7 Å². The van der Waals surface area contributed by atoms with Crippen LogP contribution in [-0.2, 0) is 4.79 Å². The van der Waals surface area contributed by atoms with E-state index in [-0.39, 0.29) is 23.2 Å². The van der Waals surface area contributed by atoms with Gasteiger partial charge in [0.05, 0.1) is 17.7 Å². The maximum Gasteiger partial charge on any atom is 0.282 e. The molecule has 1 amide bonds. The number of halogens is 1. The third-order valence-corrected chi connectivity index (χ3v) is 10.7. The van der Waals surface area contributed by atoms with Crippen LogP contribution in [-0.4, -0.2) is 64.8 Å². The van der Waals surface area contributed by atoms with Gasteiger partial charge >= 0.3 is 0 Å². The molecule has 4 heterocycles. The van der Waals surface area contributed by atoms with Crippen molar-refractivity contribution in [2.24, 2.45) is 17.3 Å². The second-order valence-electron chi connectivity index (χ2n) is 13.4. The summed E-state index contributed by atoms with van der Waals surface area (Å²) in [5.41, 5.74) is 3.25. The minimum atomic E-state index is -0.364. The highest BCUT2D eigenvalue weighted by Crippen LogP contribution is 2.48. The lowest BCUT2D eigenvalue weighted by molar-refractivity contribution is -0.136. The summed E-state index contributed by atoms with van der Waals surface area (Å²) in [6.45, 7) is 4.20. The van der Waals surface area contributed by atoms with Crippen LogP contribution in [0.1, 0.15) is 62.0 Å². The molecule has 3 aliphatic heterocycles. The van der Waals surface area contributed by atoms with Gasteiger partial charge in [-0.15, -0.1) is 10.2 Å². The summed E-state index contributed by atoms with van der Waals surface area (Å²) < 4.78 is 20.9. The van der Waals surface area contributed by atoms with Crippen molar-refractivity contribution in [3.8, 4) is 28.8 Å². The van der Waals surface area contributed by atoms with Gasteiger partial charge in [0.15, 0.2) is 5.82 Å². The number of nitrogens with one attached hydrogen (secondary N) is 1. The highest BCUT2D eigenvalue weighted by atomic mass is 19.1. The SMILES string of the molecule is N#Cc1ccc(-c2cc(F)ccc2Oc2nncnc2N2CC3(CCN(C(=O)[C@H]4NC[C@@H]5CCC[C@@H]54)CC3)C2)c(C2CC2)c1. The van der Waals surface area contributed by atoms with E-state index in [9.17, 15) is 14.4 Å². The summed E-state index contributed by atoms with van der Waals surface area (Å²) in [6.07, 6.45) is 9.14. The molecule has 3 atom stereocenters. The Morgan fingerprint density at radius 2 is 1.91 bits per heavy atom. The summed E-state index contributed by atoms with van der Waals surface area (Å²) in [4.78, 5) is 22.2. The fraction of sp³-hybridized carbons (Fsp3) is 0.500.